The highest BCUT2D eigenvalue weighted by Crippen LogP contribution is 2.35. The summed E-state index contributed by atoms with van der Waals surface area (Å²) in [5, 5.41) is 28.5. The Hall–Kier alpha value is -3.36. The van der Waals surface area contributed by atoms with Crippen molar-refractivity contribution in [2.45, 2.75) is 6.42 Å². The van der Waals surface area contributed by atoms with E-state index in [4.69, 9.17) is 0 Å². The van der Waals surface area contributed by atoms with Gasteiger partial charge in [-0.15, -0.1) is 0 Å². The highest BCUT2D eigenvalue weighted by molar-refractivity contribution is 5.96. The molecule has 1 aliphatic heterocycles. The van der Waals surface area contributed by atoms with Gasteiger partial charge >= 0.3 is 0 Å². The maximum Gasteiger partial charge on any atom is 0.274 e. The minimum atomic E-state index is -0.668. The third-order valence-corrected chi connectivity index (χ3v) is 4.17. The van der Waals surface area contributed by atoms with Gasteiger partial charge in [0, 0.05) is 44.1 Å². The summed E-state index contributed by atoms with van der Waals surface area (Å²) in [6.45, 7) is 1.53. The van der Waals surface area contributed by atoms with Crippen molar-refractivity contribution in [1.29, 1.82) is 0 Å². The summed E-state index contributed by atoms with van der Waals surface area (Å²) in [5.41, 5.74) is 0.312. The normalized spacial score (nSPS) is 14.8. The first-order chi connectivity index (χ1) is 12.5. The molecule has 0 aliphatic carbocycles. The molecule has 1 aliphatic rings. The van der Waals surface area contributed by atoms with Gasteiger partial charge in [-0.05, 0) is 18.6 Å². The Labute approximate surface area is 149 Å². The van der Waals surface area contributed by atoms with E-state index in [0.29, 0.717) is 32.6 Å². The van der Waals surface area contributed by atoms with Crippen molar-refractivity contribution in [1.82, 2.24) is 19.8 Å². The fraction of sp³-hybridized carbons (Fsp3) is 0.294. The number of hydrogen-bond acceptors (Lipinski definition) is 7. The van der Waals surface area contributed by atoms with Crippen LogP contribution in [0.2, 0.25) is 0 Å². The van der Waals surface area contributed by atoms with E-state index >= 15 is 0 Å². The molecule has 9 heteroatoms. The summed E-state index contributed by atoms with van der Waals surface area (Å²) >= 11 is 0. The van der Waals surface area contributed by atoms with Gasteiger partial charge in [-0.1, -0.05) is 0 Å². The number of rotatable bonds is 2. The second-order valence-corrected chi connectivity index (χ2v) is 5.89. The largest absolute Gasteiger partial charge is 0.504 e. The summed E-state index contributed by atoms with van der Waals surface area (Å²) in [5.74, 6) is -2.44. The van der Waals surface area contributed by atoms with Crippen LogP contribution in [-0.4, -0.2) is 73.1 Å². The molecule has 1 fully saturated rings. The summed E-state index contributed by atoms with van der Waals surface area (Å²) in [6, 6.07) is 2.20. The monoisotopic (exact) mass is 358 g/mol. The fourth-order valence-corrected chi connectivity index (χ4v) is 2.81. The van der Waals surface area contributed by atoms with Crippen molar-refractivity contribution in [3.05, 3.63) is 42.0 Å². The van der Waals surface area contributed by atoms with Gasteiger partial charge in [0.1, 0.15) is 5.69 Å². The molecule has 1 aromatic heterocycles. The van der Waals surface area contributed by atoms with Crippen LogP contribution < -0.4 is 0 Å². The summed E-state index contributed by atoms with van der Waals surface area (Å²) < 4.78 is 0. The molecule has 9 nitrogen and oxygen atoms in total. The van der Waals surface area contributed by atoms with Crippen LogP contribution in [0.5, 0.6) is 17.2 Å². The van der Waals surface area contributed by atoms with Crippen molar-refractivity contribution in [3.63, 3.8) is 0 Å². The van der Waals surface area contributed by atoms with E-state index in [9.17, 15) is 24.9 Å². The lowest BCUT2D eigenvalue weighted by Gasteiger charge is -2.22. The number of carbonyl (C=O) groups is 2. The number of hydrogen-bond donors (Lipinski definition) is 3. The van der Waals surface area contributed by atoms with Crippen LogP contribution in [0.15, 0.2) is 30.7 Å². The van der Waals surface area contributed by atoms with Gasteiger partial charge in [-0.2, -0.15) is 0 Å². The predicted molar refractivity (Wildman–Crippen MR) is 89.9 cm³/mol. The topological polar surface area (TPSA) is 127 Å². The van der Waals surface area contributed by atoms with Gasteiger partial charge in [-0.3, -0.25) is 14.6 Å². The Balaban J connectivity index is 1.70. The first-order valence-corrected chi connectivity index (χ1v) is 8.07. The average Bonchev–Trinajstić information content (AvgIpc) is 2.91. The molecule has 0 saturated carbocycles. The zero-order chi connectivity index (χ0) is 18.7. The van der Waals surface area contributed by atoms with Crippen LogP contribution in [0, 0.1) is 0 Å². The molecule has 0 radical (unpaired) electrons. The highest BCUT2D eigenvalue weighted by Gasteiger charge is 2.25. The second kappa shape index (κ2) is 7.26. The maximum atomic E-state index is 12.6. The minimum Gasteiger partial charge on any atom is -0.504 e. The van der Waals surface area contributed by atoms with Crippen LogP contribution >= 0.6 is 0 Å². The molecular formula is C17H18N4O5. The standard InChI is InChI=1S/C17H18N4O5/c22-13-8-11(9-14(23)15(13)24)16(25)20-4-1-5-21(7-6-20)17(26)12-10-18-2-3-19-12/h2-3,8-10,22-24H,1,4-7H2. The van der Waals surface area contributed by atoms with Crippen LogP contribution in [0.25, 0.3) is 0 Å². The first-order valence-electron chi connectivity index (χ1n) is 8.07. The van der Waals surface area contributed by atoms with Crippen LogP contribution in [0.3, 0.4) is 0 Å². The van der Waals surface area contributed by atoms with E-state index in [1.54, 1.807) is 4.90 Å². The van der Waals surface area contributed by atoms with E-state index in [1.165, 1.54) is 23.5 Å². The first kappa shape index (κ1) is 17.5. The molecule has 2 aromatic rings. The Morgan fingerprint density at radius 2 is 1.50 bits per heavy atom. The summed E-state index contributed by atoms with van der Waals surface area (Å²) in [6.07, 6.45) is 4.92. The van der Waals surface area contributed by atoms with Gasteiger partial charge in [0.25, 0.3) is 11.8 Å². The quantitative estimate of drug-likeness (QED) is 0.670. The molecule has 1 aromatic carbocycles. The molecule has 3 rings (SSSR count). The Kier molecular flexibility index (Phi) is 4.87. The van der Waals surface area contributed by atoms with Crippen molar-refractivity contribution in [3.8, 4) is 17.2 Å². The van der Waals surface area contributed by atoms with Crippen molar-refractivity contribution in [2.24, 2.45) is 0 Å². The van der Waals surface area contributed by atoms with E-state index in [2.05, 4.69) is 9.97 Å². The Morgan fingerprint density at radius 3 is 2.08 bits per heavy atom. The number of carbonyl (C=O) groups excluding carboxylic acids is 2. The number of aromatic hydroxyl groups is 3. The maximum absolute atomic E-state index is 12.6. The van der Waals surface area contributed by atoms with Gasteiger partial charge in [-0.25, -0.2) is 4.98 Å². The van der Waals surface area contributed by atoms with Crippen molar-refractivity contribution in [2.75, 3.05) is 26.2 Å². The predicted octanol–water partition coefficient (Wildman–Crippen LogP) is 0.582. The van der Waals surface area contributed by atoms with Crippen LogP contribution in [-0.2, 0) is 0 Å². The number of phenolic OH excluding ortho intramolecular Hbond substituents is 3. The second-order valence-electron chi connectivity index (χ2n) is 5.89. The lowest BCUT2D eigenvalue weighted by atomic mass is 10.1. The van der Waals surface area contributed by atoms with Gasteiger partial charge in [0.15, 0.2) is 17.2 Å². The molecular weight excluding hydrogens is 340 g/mol. The van der Waals surface area contributed by atoms with E-state index in [1.807, 2.05) is 0 Å². The minimum absolute atomic E-state index is 0.0616. The SMILES string of the molecule is O=C(c1cc(O)c(O)c(O)c1)N1CCCN(C(=O)c2cnccn2)CC1. The fourth-order valence-electron chi connectivity index (χ4n) is 2.81. The van der Waals surface area contributed by atoms with Gasteiger partial charge < -0.3 is 25.1 Å². The molecule has 0 atom stereocenters. The summed E-state index contributed by atoms with van der Waals surface area (Å²) in [4.78, 5) is 36.1. The number of phenols is 3. The molecule has 3 N–H and O–H groups in total. The number of amides is 2. The van der Waals surface area contributed by atoms with E-state index < -0.39 is 23.2 Å². The van der Waals surface area contributed by atoms with E-state index in [0.717, 1.165) is 12.1 Å². The van der Waals surface area contributed by atoms with Crippen molar-refractivity contribution < 1.29 is 24.9 Å². The number of aromatic nitrogens is 2. The molecule has 0 bridgehead atoms. The molecule has 0 unspecified atom stereocenters. The van der Waals surface area contributed by atoms with Gasteiger partial charge in [0.2, 0.25) is 0 Å². The molecule has 1 saturated heterocycles. The van der Waals surface area contributed by atoms with Gasteiger partial charge in [0.05, 0.1) is 6.20 Å². The lowest BCUT2D eigenvalue weighted by Crippen LogP contribution is -2.37. The smallest absolute Gasteiger partial charge is 0.274 e. The zero-order valence-electron chi connectivity index (χ0n) is 13.9. The third kappa shape index (κ3) is 3.51. The van der Waals surface area contributed by atoms with Crippen LogP contribution in [0.1, 0.15) is 27.3 Å². The number of nitrogens with zero attached hydrogens (tertiary/aromatic N) is 4. The molecule has 2 amide bonds. The molecule has 0 spiro atoms. The van der Waals surface area contributed by atoms with Crippen molar-refractivity contribution >= 4 is 11.8 Å². The third-order valence-electron chi connectivity index (χ3n) is 4.17. The lowest BCUT2D eigenvalue weighted by molar-refractivity contribution is 0.0715. The molecule has 136 valence electrons. The Bertz CT molecular complexity index is 804. The molecule has 26 heavy (non-hydrogen) atoms. The number of benzene rings is 1. The summed E-state index contributed by atoms with van der Waals surface area (Å²) in [7, 11) is 0. The van der Waals surface area contributed by atoms with Crippen LogP contribution in [0.4, 0.5) is 0 Å². The van der Waals surface area contributed by atoms with E-state index in [-0.39, 0.29) is 17.2 Å². The Morgan fingerprint density at radius 1 is 0.885 bits per heavy atom. The highest BCUT2D eigenvalue weighted by atomic mass is 16.3. The average molecular weight is 358 g/mol. The zero-order valence-corrected chi connectivity index (χ0v) is 13.9. The molecule has 2 heterocycles.